The summed E-state index contributed by atoms with van der Waals surface area (Å²) in [4.78, 5) is 14.4. The number of nitrogens with one attached hydrogen (secondary N) is 1. The van der Waals surface area contributed by atoms with Crippen LogP contribution in [-0.2, 0) is 16.2 Å². The summed E-state index contributed by atoms with van der Waals surface area (Å²) < 4.78 is 72.6. The molecule has 1 aliphatic heterocycles. The minimum absolute atomic E-state index is 0.0622. The van der Waals surface area contributed by atoms with E-state index in [2.05, 4.69) is 5.32 Å². The Balaban J connectivity index is 1.52. The van der Waals surface area contributed by atoms with Crippen molar-refractivity contribution < 1.29 is 31.1 Å². The zero-order valence-electron chi connectivity index (χ0n) is 19.9. The molecule has 1 fully saturated rings. The summed E-state index contributed by atoms with van der Waals surface area (Å²) in [6.45, 7) is 0.532. The average Bonchev–Trinajstić information content (AvgIpc) is 2.88. The second kappa shape index (κ2) is 11.0. The number of carbonyl (C=O) groups is 1. The quantitative estimate of drug-likeness (QED) is 0.395. The maximum Gasteiger partial charge on any atom is 0.416 e. The number of anilines is 2. The fraction of sp³-hybridized carbons (Fsp3) is 0.240. The second-order valence-corrected chi connectivity index (χ2v) is 11.2. The van der Waals surface area contributed by atoms with E-state index in [4.69, 9.17) is 27.9 Å². The smallest absolute Gasteiger partial charge is 0.416 e. The monoisotopic (exact) mass is 587 g/mol. The van der Waals surface area contributed by atoms with E-state index in [1.165, 1.54) is 53.9 Å². The zero-order chi connectivity index (χ0) is 27.7. The van der Waals surface area contributed by atoms with Gasteiger partial charge in [0.1, 0.15) is 5.75 Å². The van der Waals surface area contributed by atoms with E-state index in [0.717, 1.165) is 12.1 Å². The van der Waals surface area contributed by atoms with E-state index < -0.39 is 27.7 Å². The van der Waals surface area contributed by atoms with Crippen LogP contribution < -0.4 is 15.0 Å². The molecule has 3 aromatic carbocycles. The second-order valence-electron chi connectivity index (χ2n) is 8.38. The number of piperazine rings is 1. The van der Waals surface area contributed by atoms with Gasteiger partial charge in [-0.3, -0.25) is 4.79 Å². The maximum atomic E-state index is 13.4. The van der Waals surface area contributed by atoms with Crippen LogP contribution in [0.15, 0.2) is 65.6 Å². The van der Waals surface area contributed by atoms with Gasteiger partial charge >= 0.3 is 6.18 Å². The number of nitrogens with zero attached hydrogens (tertiary/aromatic N) is 2. The van der Waals surface area contributed by atoms with Crippen LogP contribution in [-0.4, -0.2) is 51.9 Å². The lowest BCUT2D eigenvalue weighted by Gasteiger charge is -2.35. The summed E-state index contributed by atoms with van der Waals surface area (Å²) in [5.74, 6) is -0.356. The number of sulfonamides is 1. The van der Waals surface area contributed by atoms with Gasteiger partial charge in [-0.2, -0.15) is 17.5 Å². The highest BCUT2D eigenvalue weighted by atomic mass is 35.5. The summed E-state index contributed by atoms with van der Waals surface area (Å²) in [5.41, 5.74) is -0.144. The Morgan fingerprint density at radius 2 is 1.68 bits per heavy atom. The van der Waals surface area contributed by atoms with Crippen LogP contribution in [0.25, 0.3) is 0 Å². The fourth-order valence-electron chi connectivity index (χ4n) is 4.02. The van der Waals surface area contributed by atoms with E-state index in [0.29, 0.717) is 10.7 Å². The van der Waals surface area contributed by atoms with Crippen molar-refractivity contribution in [1.29, 1.82) is 0 Å². The normalized spacial score (nSPS) is 14.8. The molecule has 38 heavy (non-hydrogen) atoms. The van der Waals surface area contributed by atoms with Crippen molar-refractivity contribution in [3.63, 3.8) is 0 Å². The summed E-state index contributed by atoms with van der Waals surface area (Å²) in [7, 11) is -2.61. The van der Waals surface area contributed by atoms with Gasteiger partial charge in [-0.1, -0.05) is 29.3 Å². The molecule has 0 saturated carbocycles. The minimum Gasteiger partial charge on any atom is -0.495 e. The van der Waals surface area contributed by atoms with Crippen LogP contribution in [0, 0.1) is 0 Å². The molecule has 1 amide bonds. The lowest BCUT2D eigenvalue weighted by atomic mass is 10.1. The number of hydrogen-bond donors (Lipinski definition) is 1. The molecule has 1 aliphatic rings. The highest BCUT2D eigenvalue weighted by Gasteiger charge is 2.33. The molecule has 0 radical (unpaired) electrons. The molecular formula is C25H22Cl2F3N3O4S. The van der Waals surface area contributed by atoms with Crippen molar-refractivity contribution in [2.24, 2.45) is 0 Å². The van der Waals surface area contributed by atoms with Crippen molar-refractivity contribution in [2.45, 2.75) is 11.1 Å². The van der Waals surface area contributed by atoms with E-state index in [-0.39, 0.29) is 53.1 Å². The number of hydrogen-bond acceptors (Lipinski definition) is 5. The van der Waals surface area contributed by atoms with Crippen molar-refractivity contribution in [3.8, 4) is 5.75 Å². The van der Waals surface area contributed by atoms with E-state index in [1.54, 1.807) is 11.0 Å². The SMILES string of the molecule is COc1ccc(S(=O)(=O)N2CCN(c3cccc(C(F)(F)F)c3)CC2)cc1NC(=O)c1ccc(Cl)cc1Cl. The third kappa shape index (κ3) is 6.01. The van der Waals surface area contributed by atoms with Crippen molar-refractivity contribution in [1.82, 2.24) is 4.31 Å². The van der Waals surface area contributed by atoms with Crippen LogP contribution in [0.3, 0.4) is 0 Å². The average molecular weight is 588 g/mol. The van der Waals surface area contributed by atoms with Crippen LogP contribution in [0.1, 0.15) is 15.9 Å². The number of amides is 1. The first-order valence-corrected chi connectivity index (χ1v) is 13.5. The third-order valence-corrected chi connectivity index (χ3v) is 8.45. The molecular weight excluding hydrogens is 566 g/mol. The first-order valence-electron chi connectivity index (χ1n) is 11.3. The Morgan fingerprint density at radius 1 is 0.974 bits per heavy atom. The molecule has 0 spiro atoms. The molecule has 202 valence electrons. The maximum absolute atomic E-state index is 13.4. The number of methoxy groups -OCH3 is 1. The van der Waals surface area contributed by atoms with Gasteiger partial charge < -0.3 is 15.0 Å². The minimum atomic E-state index is -4.47. The molecule has 1 N–H and O–H groups in total. The number of rotatable bonds is 6. The van der Waals surface area contributed by atoms with Crippen LogP contribution in [0.5, 0.6) is 5.75 Å². The van der Waals surface area contributed by atoms with Gasteiger partial charge in [0.05, 0.1) is 33.8 Å². The van der Waals surface area contributed by atoms with E-state index >= 15 is 0 Å². The standard InChI is InChI=1S/C25H22Cl2F3N3O4S/c1-37-23-8-6-19(15-22(23)31-24(34)20-7-5-17(26)14-21(20)27)38(35,36)33-11-9-32(10-12-33)18-4-2-3-16(13-18)25(28,29)30/h2-8,13-15H,9-12H2,1H3,(H,31,34). The number of carbonyl (C=O) groups excluding carboxylic acids is 1. The lowest BCUT2D eigenvalue weighted by molar-refractivity contribution is -0.137. The largest absolute Gasteiger partial charge is 0.495 e. The predicted octanol–water partition coefficient (Wildman–Crippen LogP) is 5.78. The number of alkyl halides is 3. The summed E-state index contributed by atoms with van der Waals surface area (Å²) in [6, 6.07) is 13.3. The summed E-state index contributed by atoms with van der Waals surface area (Å²) in [5, 5.41) is 3.10. The van der Waals surface area contributed by atoms with E-state index in [9.17, 15) is 26.4 Å². The lowest BCUT2D eigenvalue weighted by Crippen LogP contribution is -2.48. The van der Waals surface area contributed by atoms with Crippen molar-refractivity contribution in [2.75, 3.05) is 43.5 Å². The number of halogens is 5. The van der Waals surface area contributed by atoms with Gasteiger partial charge in [-0.25, -0.2) is 8.42 Å². The van der Waals surface area contributed by atoms with Crippen LogP contribution in [0.2, 0.25) is 10.0 Å². The molecule has 1 heterocycles. The highest BCUT2D eigenvalue weighted by molar-refractivity contribution is 7.89. The van der Waals surface area contributed by atoms with Crippen LogP contribution >= 0.6 is 23.2 Å². The molecule has 3 aromatic rings. The third-order valence-electron chi connectivity index (χ3n) is 6.01. The number of benzene rings is 3. The van der Waals surface area contributed by atoms with Gasteiger partial charge in [-0.15, -0.1) is 0 Å². The first kappa shape index (κ1) is 28.0. The Bertz CT molecular complexity index is 1460. The number of ether oxygens (including phenoxy) is 1. The molecule has 4 rings (SSSR count). The molecule has 0 atom stereocenters. The van der Waals surface area contributed by atoms with Crippen molar-refractivity contribution >= 4 is 50.5 Å². The Hall–Kier alpha value is -2.99. The molecule has 7 nitrogen and oxygen atoms in total. The van der Waals surface area contributed by atoms with Gasteiger partial charge in [0.15, 0.2) is 0 Å². The molecule has 0 bridgehead atoms. The Kier molecular flexibility index (Phi) is 8.12. The zero-order valence-corrected chi connectivity index (χ0v) is 22.3. The fourth-order valence-corrected chi connectivity index (χ4v) is 5.97. The topological polar surface area (TPSA) is 79.0 Å². The summed E-state index contributed by atoms with van der Waals surface area (Å²) in [6.07, 6.45) is -4.47. The van der Waals surface area contributed by atoms with Gasteiger partial charge in [0, 0.05) is 36.9 Å². The molecule has 13 heteroatoms. The first-order chi connectivity index (χ1) is 17.9. The molecule has 1 saturated heterocycles. The Labute approximate surface area is 227 Å². The van der Waals surface area contributed by atoms with Gasteiger partial charge in [0.25, 0.3) is 5.91 Å². The summed E-state index contributed by atoms with van der Waals surface area (Å²) >= 11 is 12.0. The predicted molar refractivity (Wildman–Crippen MR) is 140 cm³/mol. The molecule has 0 aliphatic carbocycles. The molecule has 0 unspecified atom stereocenters. The highest BCUT2D eigenvalue weighted by Crippen LogP contribution is 2.33. The van der Waals surface area contributed by atoms with Crippen LogP contribution in [0.4, 0.5) is 24.5 Å². The van der Waals surface area contributed by atoms with Crippen molar-refractivity contribution in [3.05, 3.63) is 81.8 Å². The van der Waals surface area contributed by atoms with Gasteiger partial charge in [0.2, 0.25) is 10.0 Å². The van der Waals surface area contributed by atoms with E-state index in [1.807, 2.05) is 0 Å². The van der Waals surface area contributed by atoms with Gasteiger partial charge in [-0.05, 0) is 54.6 Å². The Morgan fingerprint density at radius 3 is 2.32 bits per heavy atom. The molecule has 0 aromatic heterocycles.